The first kappa shape index (κ1) is 22.4. The van der Waals surface area contributed by atoms with Crippen molar-refractivity contribution >= 4 is 23.4 Å². The van der Waals surface area contributed by atoms with E-state index in [1.807, 2.05) is 24.3 Å². The van der Waals surface area contributed by atoms with Crippen molar-refractivity contribution in [2.75, 3.05) is 26.6 Å². The van der Waals surface area contributed by atoms with Gasteiger partial charge in [-0.05, 0) is 55.3 Å². The van der Waals surface area contributed by atoms with Crippen molar-refractivity contribution in [1.29, 1.82) is 0 Å². The molecule has 0 saturated heterocycles. The number of aromatic nitrogens is 1. The van der Waals surface area contributed by atoms with Crippen LogP contribution in [0.1, 0.15) is 31.0 Å². The van der Waals surface area contributed by atoms with Crippen LogP contribution in [0.15, 0.2) is 57.5 Å². The van der Waals surface area contributed by atoms with Gasteiger partial charge in [0, 0.05) is 0 Å². The SMILES string of the molecule is CCOC(=O)C1=C(C)N=c2s/c(=C\c3ccc4c(c3)OCCO4)c(=O)n2[C@@H]1c1ccc2c(c1)OCO2. The summed E-state index contributed by atoms with van der Waals surface area (Å²) >= 11 is 1.26. The number of ether oxygens (including phenoxy) is 5. The number of nitrogens with zero attached hydrogens (tertiary/aromatic N) is 2. The molecule has 3 aliphatic rings. The van der Waals surface area contributed by atoms with Gasteiger partial charge in [-0.15, -0.1) is 0 Å². The third kappa shape index (κ3) is 3.74. The Hall–Kier alpha value is -4.05. The third-order valence-electron chi connectivity index (χ3n) is 6.09. The van der Waals surface area contributed by atoms with E-state index in [1.165, 1.54) is 11.3 Å². The highest BCUT2D eigenvalue weighted by atomic mass is 32.1. The second-order valence-corrected chi connectivity index (χ2v) is 9.33. The lowest BCUT2D eigenvalue weighted by molar-refractivity contribution is -0.139. The van der Waals surface area contributed by atoms with Crippen molar-refractivity contribution < 1.29 is 28.5 Å². The first-order valence-corrected chi connectivity index (χ1v) is 12.3. The summed E-state index contributed by atoms with van der Waals surface area (Å²) in [5.41, 5.74) is 2.05. The fraction of sp³-hybridized carbons (Fsp3) is 0.269. The Kier molecular flexibility index (Phi) is 5.52. The molecule has 6 rings (SSSR count). The molecule has 0 radical (unpaired) electrons. The van der Waals surface area contributed by atoms with E-state index in [-0.39, 0.29) is 19.0 Å². The Labute approximate surface area is 209 Å². The number of fused-ring (bicyclic) bond motifs is 3. The molecule has 36 heavy (non-hydrogen) atoms. The predicted molar refractivity (Wildman–Crippen MR) is 130 cm³/mol. The number of rotatable bonds is 4. The number of benzene rings is 2. The third-order valence-corrected chi connectivity index (χ3v) is 7.08. The molecule has 184 valence electrons. The molecular formula is C26H22N2O7S. The van der Waals surface area contributed by atoms with Crippen LogP contribution in [0.2, 0.25) is 0 Å². The van der Waals surface area contributed by atoms with E-state index < -0.39 is 12.0 Å². The highest BCUT2D eigenvalue weighted by Gasteiger charge is 2.34. The van der Waals surface area contributed by atoms with Crippen molar-refractivity contribution in [2.24, 2.45) is 4.99 Å². The fourth-order valence-corrected chi connectivity index (χ4v) is 5.54. The minimum atomic E-state index is -0.725. The molecule has 0 unspecified atom stereocenters. The van der Waals surface area contributed by atoms with Crippen LogP contribution < -0.4 is 33.8 Å². The number of carbonyl (C=O) groups is 1. The summed E-state index contributed by atoms with van der Waals surface area (Å²) in [5.74, 6) is 1.98. The summed E-state index contributed by atoms with van der Waals surface area (Å²) in [6.45, 7) is 4.81. The molecule has 2 aromatic carbocycles. The Morgan fingerprint density at radius 3 is 2.64 bits per heavy atom. The zero-order valence-corrected chi connectivity index (χ0v) is 20.4. The molecule has 0 saturated carbocycles. The normalized spacial score (nSPS) is 18.1. The van der Waals surface area contributed by atoms with Crippen LogP contribution in [0.5, 0.6) is 23.0 Å². The topological polar surface area (TPSA) is 97.6 Å². The Morgan fingerprint density at radius 1 is 1.08 bits per heavy atom. The molecule has 0 aliphatic carbocycles. The summed E-state index contributed by atoms with van der Waals surface area (Å²) < 4.78 is 29.6. The monoisotopic (exact) mass is 506 g/mol. The van der Waals surface area contributed by atoms with Crippen LogP contribution in [-0.2, 0) is 9.53 Å². The van der Waals surface area contributed by atoms with Crippen molar-refractivity contribution in [3.63, 3.8) is 0 Å². The molecule has 4 heterocycles. The Balaban J connectivity index is 1.51. The smallest absolute Gasteiger partial charge is 0.338 e. The molecular weight excluding hydrogens is 484 g/mol. The van der Waals surface area contributed by atoms with E-state index in [4.69, 9.17) is 23.7 Å². The maximum Gasteiger partial charge on any atom is 0.338 e. The maximum atomic E-state index is 13.8. The van der Waals surface area contributed by atoms with Gasteiger partial charge in [-0.3, -0.25) is 9.36 Å². The first-order chi connectivity index (χ1) is 17.5. The maximum absolute atomic E-state index is 13.8. The van der Waals surface area contributed by atoms with Gasteiger partial charge >= 0.3 is 5.97 Å². The highest BCUT2D eigenvalue weighted by Crippen LogP contribution is 2.38. The van der Waals surface area contributed by atoms with Crippen LogP contribution in [0.4, 0.5) is 0 Å². The summed E-state index contributed by atoms with van der Waals surface area (Å²) in [6, 6.07) is 10.2. The zero-order chi connectivity index (χ0) is 24.8. The van der Waals surface area contributed by atoms with Crippen LogP contribution in [0, 0.1) is 0 Å². The Morgan fingerprint density at radius 2 is 1.81 bits per heavy atom. The second kappa shape index (κ2) is 8.87. The number of hydrogen-bond acceptors (Lipinski definition) is 9. The van der Waals surface area contributed by atoms with Crippen LogP contribution >= 0.6 is 11.3 Å². The number of carbonyl (C=O) groups excluding carboxylic acids is 1. The summed E-state index contributed by atoms with van der Waals surface area (Å²) in [7, 11) is 0. The Bertz CT molecular complexity index is 1600. The molecule has 3 aromatic rings. The number of hydrogen-bond donors (Lipinski definition) is 0. The van der Waals surface area contributed by atoms with Gasteiger partial charge in [0.15, 0.2) is 27.8 Å². The fourth-order valence-electron chi connectivity index (χ4n) is 4.49. The summed E-state index contributed by atoms with van der Waals surface area (Å²) in [4.78, 5) is 31.9. The van der Waals surface area contributed by atoms with Gasteiger partial charge in [0.2, 0.25) is 6.79 Å². The van der Waals surface area contributed by atoms with Gasteiger partial charge in [-0.25, -0.2) is 9.79 Å². The van der Waals surface area contributed by atoms with Gasteiger partial charge in [0.05, 0.1) is 28.5 Å². The van der Waals surface area contributed by atoms with Gasteiger partial charge in [0.1, 0.15) is 13.2 Å². The van der Waals surface area contributed by atoms with E-state index in [1.54, 1.807) is 36.6 Å². The molecule has 0 amide bonds. The average Bonchev–Trinajstić information content (AvgIpc) is 3.47. The van der Waals surface area contributed by atoms with E-state index in [2.05, 4.69) is 4.99 Å². The van der Waals surface area contributed by atoms with Crippen molar-refractivity contribution in [3.8, 4) is 23.0 Å². The number of thiazole rings is 1. The molecule has 10 heteroatoms. The lowest BCUT2D eigenvalue weighted by Crippen LogP contribution is -2.39. The lowest BCUT2D eigenvalue weighted by atomic mass is 9.95. The van der Waals surface area contributed by atoms with Crippen molar-refractivity contribution in [1.82, 2.24) is 4.57 Å². The quantitative estimate of drug-likeness (QED) is 0.501. The van der Waals surface area contributed by atoms with E-state index in [9.17, 15) is 9.59 Å². The molecule has 0 spiro atoms. The number of allylic oxidation sites excluding steroid dienone is 1. The van der Waals surface area contributed by atoms with Gasteiger partial charge < -0.3 is 23.7 Å². The van der Waals surface area contributed by atoms with Gasteiger partial charge in [-0.1, -0.05) is 23.5 Å². The second-order valence-electron chi connectivity index (χ2n) is 8.32. The van der Waals surface area contributed by atoms with Crippen molar-refractivity contribution in [3.05, 3.63) is 78.5 Å². The summed E-state index contributed by atoms with van der Waals surface area (Å²) in [5, 5.41) is 0. The van der Waals surface area contributed by atoms with E-state index in [0.717, 1.165) is 5.56 Å². The predicted octanol–water partition coefficient (Wildman–Crippen LogP) is 2.30. The standard InChI is InChI=1S/C26H22N2O7S/c1-3-31-25(30)22-14(2)27-26-28(23(22)16-5-7-18-20(12-16)35-13-34-18)24(29)21(36-26)11-15-4-6-17-19(10-15)33-9-8-32-17/h4-7,10-12,23H,3,8-9,13H2,1-2H3/b21-11-/t23-/m1/s1. The van der Waals surface area contributed by atoms with Gasteiger partial charge in [-0.2, -0.15) is 0 Å². The molecule has 0 fully saturated rings. The van der Waals surface area contributed by atoms with Gasteiger partial charge in [0.25, 0.3) is 5.56 Å². The molecule has 1 atom stereocenters. The minimum Gasteiger partial charge on any atom is -0.486 e. The summed E-state index contributed by atoms with van der Waals surface area (Å²) in [6.07, 6.45) is 1.79. The largest absolute Gasteiger partial charge is 0.486 e. The molecule has 3 aliphatic heterocycles. The van der Waals surface area contributed by atoms with Crippen LogP contribution in [0.3, 0.4) is 0 Å². The molecule has 0 bridgehead atoms. The number of esters is 1. The molecule has 1 aromatic heterocycles. The lowest BCUT2D eigenvalue weighted by Gasteiger charge is -2.24. The molecule has 0 N–H and O–H groups in total. The first-order valence-electron chi connectivity index (χ1n) is 11.5. The van der Waals surface area contributed by atoms with Crippen LogP contribution in [0.25, 0.3) is 6.08 Å². The van der Waals surface area contributed by atoms with E-state index >= 15 is 0 Å². The van der Waals surface area contributed by atoms with E-state index in [0.29, 0.717) is 62.4 Å². The molecule has 9 nitrogen and oxygen atoms in total. The minimum absolute atomic E-state index is 0.122. The highest BCUT2D eigenvalue weighted by molar-refractivity contribution is 7.07. The van der Waals surface area contributed by atoms with Crippen LogP contribution in [-0.4, -0.2) is 37.1 Å². The average molecular weight is 507 g/mol. The van der Waals surface area contributed by atoms with Crippen molar-refractivity contribution in [2.45, 2.75) is 19.9 Å². The zero-order valence-electron chi connectivity index (χ0n) is 19.6.